The van der Waals surface area contributed by atoms with Crippen LogP contribution >= 0.6 is 0 Å². The quantitative estimate of drug-likeness (QED) is 0.553. The fourth-order valence-corrected chi connectivity index (χ4v) is 5.35. The van der Waals surface area contributed by atoms with Crippen LogP contribution in [0, 0.1) is 11.8 Å². The molecule has 1 aliphatic carbocycles. The second kappa shape index (κ2) is 7.31. The third-order valence-electron chi connectivity index (χ3n) is 6.11. The molecule has 2 aromatic heterocycles. The van der Waals surface area contributed by atoms with Crippen molar-refractivity contribution in [1.82, 2.24) is 22.8 Å². The average molecular weight is 442 g/mol. The van der Waals surface area contributed by atoms with Crippen LogP contribution in [0.2, 0.25) is 0 Å². The lowest BCUT2D eigenvalue weighted by atomic mass is 9.72. The Labute approximate surface area is 180 Å². The van der Waals surface area contributed by atoms with Crippen LogP contribution in [0.25, 0.3) is 0 Å². The highest BCUT2D eigenvalue weighted by atomic mass is 32.2. The van der Waals surface area contributed by atoms with Gasteiger partial charge in [-0.15, -0.1) is 0 Å². The number of esters is 1. The zero-order chi connectivity index (χ0) is 21.8. The Morgan fingerprint density at radius 1 is 1.16 bits per heavy atom. The van der Waals surface area contributed by atoms with Crippen LogP contribution in [0.5, 0.6) is 0 Å². The number of cyclic esters (lactones) is 1. The number of imidazole rings is 2. The van der Waals surface area contributed by atoms with Gasteiger partial charge in [-0.05, 0) is 12.0 Å². The van der Waals surface area contributed by atoms with Gasteiger partial charge >= 0.3 is 16.2 Å². The Balaban J connectivity index is 1.62. The van der Waals surface area contributed by atoms with Gasteiger partial charge in [-0.25, -0.2) is 13.9 Å². The molecule has 3 heterocycles. The van der Waals surface area contributed by atoms with E-state index < -0.39 is 22.0 Å². The summed E-state index contributed by atoms with van der Waals surface area (Å²) in [4.78, 5) is 21.7. The van der Waals surface area contributed by atoms with Gasteiger partial charge < -0.3 is 9.30 Å². The minimum atomic E-state index is -3.70. The zero-order valence-electron chi connectivity index (χ0n) is 17.2. The van der Waals surface area contributed by atoms with Gasteiger partial charge in [-0.1, -0.05) is 30.3 Å². The lowest BCUT2D eigenvalue weighted by Gasteiger charge is -2.30. The van der Waals surface area contributed by atoms with Gasteiger partial charge in [-0.3, -0.25) is 4.79 Å². The molecule has 0 bridgehead atoms. The maximum Gasteiger partial charge on any atom is 0.310 e. The summed E-state index contributed by atoms with van der Waals surface area (Å²) in [5.41, 5.74) is 3.44. The molecule has 0 amide bonds. The largest absolute Gasteiger partial charge is 0.465 e. The van der Waals surface area contributed by atoms with Crippen LogP contribution in [0.1, 0.15) is 28.6 Å². The van der Waals surface area contributed by atoms with Crippen LogP contribution in [0.15, 0.2) is 49.2 Å². The standard InChI is InChI=1S/C21H23N5O4S/c1-24(2)31(28,29)26-10-17(23-13-26)19-18-15(11-30-21(18)27)8-16-20(19)25(12-22-16)9-14-6-4-3-5-7-14/h3-7,10,12-13,15,18-19H,8-9,11H2,1-2H3/t15-,18-,19+/m0/s1. The van der Waals surface area contributed by atoms with Crippen LogP contribution in [-0.4, -0.2) is 57.9 Å². The average Bonchev–Trinajstić information content (AvgIpc) is 3.47. The summed E-state index contributed by atoms with van der Waals surface area (Å²) in [7, 11) is -0.774. The molecule has 1 saturated heterocycles. The first-order valence-corrected chi connectivity index (χ1v) is 11.5. The molecule has 1 aliphatic heterocycles. The minimum absolute atomic E-state index is 0.000631. The second-order valence-electron chi connectivity index (χ2n) is 8.21. The Hall–Kier alpha value is -2.98. The number of ether oxygens (including phenoxy) is 1. The molecule has 0 unspecified atom stereocenters. The molecule has 2 aliphatic rings. The molecule has 5 rings (SSSR count). The Kier molecular flexibility index (Phi) is 4.71. The van der Waals surface area contributed by atoms with E-state index in [1.54, 1.807) is 6.33 Å². The van der Waals surface area contributed by atoms with Crippen molar-refractivity contribution in [2.24, 2.45) is 11.8 Å². The fraction of sp³-hybridized carbons (Fsp3) is 0.381. The van der Waals surface area contributed by atoms with E-state index in [4.69, 9.17) is 4.74 Å². The van der Waals surface area contributed by atoms with E-state index in [0.717, 1.165) is 25.2 Å². The normalized spacial score (nSPS) is 22.9. The fourth-order valence-electron chi connectivity index (χ4n) is 4.57. The van der Waals surface area contributed by atoms with Gasteiger partial charge in [0, 0.05) is 32.8 Å². The molecule has 3 atom stereocenters. The van der Waals surface area contributed by atoms with E-state index in [1.807, 2.05) is 34.9 Å². The zero-order valence-corrected chi connectivity index (χ0v) is 18.1. The molecule has 31 heavy (non-hydrogen) atoms. The van der Waals surface area contributed by atoms with E-state index in [9.17, 15) is 13.2 Å². The third kappa shape index (κ3) is 3.26. The van der Waals surface area contributed by atoms with Gasteiger partial charge in [0.15, 0.2) is 0 Å². The van der Waals surface area contributed by atoms with Crippen molar-refractivity contribution >= 4 is 16.2 Å². The molecule has 3 aromatic rings. The molecule has 0 N–H and O–H groups in total. The van der Waals surface area contributed by atoms with Crippen LogP contribution in [-0.2, 0) is 32.7 Å². The van der Waals surface area contributed by atoms with E-state index in [0.29, 0.717) is 25.3 Å². The number of benzene rings is 1. The topological polar surface area (TPSA) is 99.3 Å². The number of hydrogen-bond donors (Lipinski definition) is 0. The highest BCUT2D eigenvalue weighted by Crippen LogP contribution is 2.46. The van der Waals surface area contributed by atoms with Crippen molar-refractivity contribution in [3.05, 3.63) is 71.8 Å². The summed E-state index contributed by atoms with van der Waals surface area (Å²) in [6.45, 7) is 0.949. The molecule has 10 heteroatoms. The van der Waals surface area contributed by atoms with Crippen LogP contribution in [0.4, 0.5) is 0 Å². The maximum absolute atomic E-state index is 12.7. The number of aromatic nitrogens is 4. The summed E-state index contributed by atoms with van der Waals surface area (Å²) < 4.78 is 34.8. The number of nitrogens with zero attached hydrogens (tertiary/aromatic N) is 5. The van der Waals surface area contributed by atoms with Gasteiger partial charge in [0.05, 0.1) is 41.9 Å². The molecule has 0 spiro atoms. The minimum Gasteiger partial charge on any atom is -0.465 e. The second-order valence-corrected chi connectivity index (χ2v) is 10.3. The highest BCUT2D eigenvalue weighted by molar-refractivity contribution is 7.87. The first-order valence-electron chi connectivity index (χ1n) is 10.1. The van der Waals surface area contributed by atoms with Gasteiger partial charge in [0.1, 0.15) is 6.33 Å². The first-order chi connectivity index (χ1) is 14.9. The monoisotopic (exact) mass is 441 g/mol. The van der Waals surface area contributed by atoms with Gasteiger partial charge in [0.25, 0.3) is 0 Å². The van der Waals surface area contributed by atoms with Crippen molar-refractivity contribution in [2.75, 3.05) is 20.7 Å². The van der Waals surface area contributed by atoms with Crippen molar-refractivity contribution in [3.63, 3.8) is 0 Å². The van der Waals surface area contributed by atoms with Crippen molar-refractivity contribution in [2.45, 2.75) is 18.9 Å². The molecule has 0 radical (unpaired) electrons. The van der Waals surface area contributed by atoms with Crippen LogP contribution in [0.3, 0.4) is 0 Å². The third-order valence-corrected chi connectivity index (χ3v) is 7.76. The number of fused-ring (bicyclic) bond motifs is 2. The highest BCUT2D eigenvalue weighted by Gasteiger charge is 2.50. The maximum atomic E-state index is 12.7. The lowest BCUT2D eigenvalue weighted by Crippen LogP contribution is -2.33. The van der Waals surface area contributed by atoms with E-state index in [2.05, 4.69) is 9.97 Å². The Morgan fingerprint density at radius 2 is 1.94 bits per heavy atom. The number of hydrogen-bond acceptors (Lipinski definition) is 6. The van der Waals surface area contributed by atoms with Gasteiger partial charge in [0.2, 0.25) is 0 Å². The lowest BCUT2D eigenvalue weighted by molar-refractivity contribution is -0.141. The summed E-state index contributed by atoms with van der Waals surface area (Å²) in [5, 5.41) is 0. The van der Waals surface area contributed by atoms with E-state index in [1.165, 1.54) is 26.6 Å². The summed E-state index contributed by atoms with van der Waals surface area (Å²) in [6.07, 6.45) is 5.23. The van der Waals surface area contributed by atoms with E-state index >= 15 is 0 Å². The molecule has 162 valence electrons. The van der Waals surface area contributed by atoms with E-state index in [-0.39, 0.29) is 11.9 Å². The number of rotatable bonds is 5. The predicted molar refractivity (Wildman–Crippen MR) is 111 cm³/mol. The molecular weight excluding hydrogens is 418 g/mol. The Morgan fingerprint density at radius 3 is 2.68 bits per heavy atom. The number of carbonyl (C=O) groups is 1. The summed E-state index contributed by atoms with van der Waals surface area (Å²) in [5.74, 6) is -1.10. The first kappa shape index (κ1) is 20.0. The molecule has 1 fully saturated rings. The van der Waals surface area contributed by atoms with Crippen molar-refractivity contribution < 1.29 is 17.9 Å². The molecule has 1 aromatic carbocycles. The number of carbonyl (C=O) groups excluding carboxylic acids is 1. The summed E-state index contributed by atoms with van der Waals surface area (Å²) in [6, 6.07) is 10.00. The Bertz CT molecular complexity index is 1230. The smallest absolute Gasteiger partial charge is 0.310 e. The molecule has 9 nitrogen and oxygen atoms in total. The van der Waals surface area contributed by atoms with Crippen molar-refractivity contribution in [3.8, 4) is 0 Å². The molecule has 0 saturated carbocycles. The SMILES string of the molecule is CN(C)S(=O)(=O)n1cnc([C@H]2c3c(ncn3Cc3ccccc3)C[C@H]3COC(=O)[C@@H]32)c1. The molecular formula is C21H23N5O4S. The van der Waals surface area contributed by atoms with Crippen LogP contribution < -0.4 is 0 Å². The van der Waals surface area contributed by atoms with Gasteiger partial charge in [-0.2, -0.15) is 12.7 Å². The van der Waals surface area contributed by atoms with Crippen molar-refractivity contribution in [1.29, 1.82) is 0 Å². The summed E-state index contributed by atoms with van der Waals surface area (Å²) >= 11 is 0. The predicted octanol–water partition coefficient (Wildman–Crippen LogP) is 1.26.